The van der Waals surface area contributed by atoms with Crippen LogP contribution >= 0.6 is 15.9 Å². The molecule has 1 aliphatic rings. The lowest BCUT2D eigenvalue weighted by Gasteiger charge is -2.21. The Balaban J connectivity index is 1.76. The molecule has 0 saturated carbocycles. The van der Waals surface area contributed by atoms with E-state index < -0.39 is 0 Å². The lowest BCUT2D eigenvalue weighted by Crippen LogP contribution is -2.26. The number of nitriles is 1. The van der Waals surface area contributed by atoms with E-state index in [2.05, 4.69) is 38.3 Å². The van der Waals surface area contributed by atoms with Crippen molar-refractivity contribution >= 4 is 33.1 Å². The number of carbonyl (C=O) groups is 1. The zero-order chi connectivity index (χ0) is 17.1. The normalized spacial score (nSPS) is 16.7. The molecular weight excluding hydrogens is 366 g/mol. The van der Waals surface area contributed by atoms with E-state index >= 15 is 0 Å². The predicted molar refractivity (Wildman–Crippen MR) is 99.5 cm³/mol. The molecule has 1 saturated heterocycles. The van der Waals surface area contributed by atoms with E-state index in [1.165, 1.54) is 12.6 Å². The summed E-state index contributed by atoms with van der Waals surface area (Å²) in [4.78, 5) is 13.9. The number of rotatable bonds is 4. The van der Waals surface area contributed by atoms with E-state index in [1.54, 1.807) is 18.2 Å². The molecule has 1 aliphatic heterocycles. The molecule has 0 aromatic heterocycles. The first-order chi connectivity index (χ1) is 11.6. The fourth-order valence-corrected chi connectivity index (χ4v) is 3.54. The summed E-state index contributed by atoms with van der Waals surface area (Å²) in [7, 11) is 0. The Morgan fingerprint density at radius 1 is 1.33 bits per heavy atom. The molecule has 122 valence electrons. The summed E-state index contributed by atoms with van der Waals surface area (Å²) in [5, 5.41) is 12.7. The van der Waals surface area contributed by atoms with Crippen LogP contribution in [0.2, 0.25) is 0 Å². The molecular formula is C19H18BrN3O. The zero-order valence-corrected chi connectivity index (χ0v) is 15.0. The maximum atomic E-state index is 11.6. The van der Waals surface area contributed by atoms with Gasteiger partial charge in [0.15, 0.2) is 5.78 Å². The number of benzene rings is 2. The molecule has 0 bridgehead atoms. The smallest absolute Gasteiger partial charge is 0.159 e. The third-order valence-electron chi connectivity index (χ3n) is 4.29. The van der Waals surface area contributed by atoms with E-state index in [4.69, 9.17) is 0 Å². The number of carbonyl (C=O) groups excluding carboxylic acids is 1. The van der Waals surface area contributed by atoms with Gasteiger partial charge >= 0.3 is 0 Å². The molecule has 3 rings (SSSR count). The minimum atomic E-state index is 0.00352. The second-order valence-corrected chi connectivity index (χ2v) is 6.81. The maximum Gasteiger partial charge on any atom is 0.159 e. The van der Waals surface area contributed by atoms with Crippen molar-refractivity contribution in [3.8, 4) is 6.07 Å². The quantitative estimate of drug-likeness (QED) is 0.803. The van der Waals surface area contributed by atoms with Crippen molar-refractivity contribution < 1.29 is 4.79 Å². The van der Waals surface area contributed by atoms with E-state index in [1.807, 2.05) is 18.2 Å². The Morgan fingerprint density at radius 3 is 2.83 bits per heavy atom. The lowest BCUT2D eigenvalue weighted by atomic mass is 10.1. The van der Waals surface area contributed by atoms with Gasteiger partial charge in [0.25, 0.3) is 0 Å². The third kappa shape index (κ3) is 3.44. The first-order valence-corrected chi connectivity index (χ1v) is 8.69. The van der Waals surface area contributed by atoms with Gasteiger partial charge in [-0.3, -0.25) is 4.79 Å². The number of halogens is 1. The topological polar surface area (TPSA) is 56.1 Å². The van der Waals surface area contributed by atoms with Gasteiger partial charge in [-0.05, 0) is 59.6 Å². The molecule has 0 aliphatic carbocycles. The minimum absolute atomic E-state index is 0.00352. The van der Waals surface area contributed by atoms with Crippen molar-refractivity contribution in [3.05, 3.63) is 58.1 Å². The van der Waals surface area contributed by atoms with Gasteiger partial charge in [-0.2, -0.15) is 5.26 Å². The van der Waals surface area contributed by atoms with Crippen LogP contribution in [0.5, 0.6) is 0 Å². The molecule has 2 aromatic carbocycles. The first kappa shape index (κ1) is 16.5. The molecule has 5 heteroatoms. The molecule has 24 heavy (non-hydrogen) atoms. The third-order valence-corrected chi connectivity index (χ3v) is 4.96. The van der Waals surface area contributed by atoms with Gasteiger partial charge < -0.3 is 10.2 Å². The van der Waals surface area contributed by atoms with E-state index in [0.717, 1.165) is 29.7 Å². The number of hydrogen-bond donors (Lipinski definition) is 1. The van der Waals surface area contributed by atoms with Crippen LogP contribution in [0.4, 0.5) is 11.4 Å². The molecule has 1 unspecified atom stereocenters. The van der Waals surface area contributed by atoms with Crippen molar-refractivity contribution in [1.82, 2.24) is 0 Å². The van der Waals surface area contributed by atoms with Crippen LogP contribution in [-0.4, -0.2) is 24.9 Å². The summed E-state index contributed by atoms with van der Waals surface area (Å²) < 4.78 is 1.09. The summed E-state index contributed by atoms with van der Waals surface area (Å²) in [5.41, 5.74) is 3.11. The van der Waals surface area contributed by atoms with Crippen LogP contribution in [0.25, 0.3) is 0 Å². The van der Waals surface area contributed by atoms with Gasteiger partial charge in [-0.1, -0.05) is 12.1 Å². The fraction of sp³-hybridized carbons (Fsp3) is 0.263. The Labute approximate surface area is 150 Å². The molecule has 0 amide bonds. The highest BCUT2D eigenvalue weighted by Crippen LogP contribution is 2.30. The van der Waals surface area contributed by atoms with Gasteiger partial charge in [0, 0.05) is 29.2 Å². The SMILES string of the molecule is CC(=O)c1ccc(C#N)c(NC2CCN(c3ccccc3Br)C2)c1. The molecule has 1 fully saturated rings. The zero-order valence-electron chi connectivity index (χ0n) is 13.4. The molecule has 0 radical (unpaired) electrons. The van der Waals surface area contributed by atoms with E-state index in [-0.39, 0.29) is 11.8 Å². The first-order valence-electron chi connectivity index (χ1n) is 7.89. The van der Waals surface area contributed by atoms with Crippen molar-refractivity contribution in [1.29, 1.82) is 5.26 Å². The molecule has 1 heterocycles. The number of para-hydroxylation sites is 1. The van der Waals surface area contributed by atoms with Crippen LogP contribution in [0.1, 0.15) is 29.3 Å². The Hall–Kier alpha value is -2.32. The summed E-state index contributed by atoms with van der Waals surface area (Å²) in [6.07, 6.45) is 0.983. The standard InChI is InChI=1S/C19H18BrN3O/c1-13(24)14-6-7-15(11-21)18(10-14)22-16-8-9-23(12-16)19-5-3-2-4-17(19)20/h2-7,10,16,22H,8-9,12H2,1H3. The predicted octanol–water partition coefficient (Wildman–Crippen LogP) is 4.21. The number of hydrogen-bond acceptors (Lipinski definition) is 4. The van der Waals surface area contributed by atoms with E-state index in [9.17, 15) is 10.1 Å². The number of nitrogens with one attached hydrogen (secondary N) is 1. The highest BCUT2D eigenvalue weighted by Gasteiger charge is 2.24. The second-order valence-electron chi connectivity index (χ2n) is 5.96. The fourth-order valence-electron chi connectivity index (χ4n) is 3.01. The largest absolute Gasteiger partial charge is 0.379 e. The Bertz CT molecular complexity index is 812. The Morgan fingerprint density at radius 2 is 2.12 bits per heavy atom. The summed E-state index contributed by atoms with van der Waals surface area (Å²) in [6.45, 7) is 3.35. The lowest BCUT2D eigenvalue weighted by molar-refractivity contribution is 0.101. The average Bonchev–Trinajstić information content (AvgIpc) is 3.03. The summed E-state index contributed by atoms with van der Waals surface area (Å²) in [6, 6.07) is 15.8. The molecule has 1 atom stereocenters. The number of ketones is 1. The van der Waals surface area contributed by atoms with Gasteiger partial charge in [-0.25, -0.2) is 0 Å². The monoisotopic (exact) mass is 383 g/mol. The van der Waals surface area contributed by atoms with Crippen molar-refractivity contribution in [3.63, 3.8) is 0 Å². The second kappa shape index (κ2) is 7.06. The van der Waals surface area contributed by atoms with Crippen molar-refractivity contribution in [2.24, 2.45) is 0 Å². The van der Waals surface area contributed by atoms with Gasteiger partial charge in [0.05, 0.1) is 16.9 Å². The van der Waals surface area contributed by atoms with Crippen molar-refractivity contribution in [2.45, 2.75) is 19.4 Å². The van der Waals surface area contributed by atoms with Crippen molar-refractivity contribution in [2.75, 3.05) is 23.3 Å². The summed E-state index contributed by atoms with van der Waals surface area (Å²) >= 11 is 3.60. The van der Waals surface area contributed by atoms with Gasteiger partial charge in [0.1, 0.15) is 6.07 Å². The summed E-state index contributed by atoms with van der Waals surface area (Å²) in [5.74, 6) is 0.00352. The number of anilines is 2. The minimum Gasteiger partial charge on any atom is -0.379 e. The molecule has 0 spiro atoms. The molecule has 2 aromatic rings. The number of nitrogens with zero attached hydrogens (tertiary/aromatic N) is 2. The Kier molecular flexibility index (Phi) is 4.86. The van der Waals surface area contributed by atoms with Crippen LogP contribution in [0, 0.1) is 11.3 Å². The van der Waals surface area contributed by atoms with Gasteiger partial charge in [0.2, 0.25) is 0 Å². The van der Waals surface area contributed by atoms with Crippen LogP contribution in [0.3, 0.4) is 0 Å². The van der Waals surface area contributed by atoms with Crippen LogP contribution in [-0.2, 0) is 0 Å². The highest BCUT2D eigenvalue weighted by molar-refractivity contribution is 9.10. The highest BCUT2D eigenvalue weighted by atomic mass is 79.9. The number of Topliss-reactive ketones (excluding diaryl/α,β-unsaturated/α-hetero) is 1. The van der Waals surface area contributed by atoms with Crippen LogP contribution in [0.15, 0.2) is 46.9 Å². The van der Waals surface area contributed by atoms with E-state index in [0.29, 0.717) is 11.1 Å². The average molecular weight is 384 g/mol. The molecule has 1 N–H and O–H groups in total. The van der Waals surface area contributed by atoms with Crippen LogP contribution < -0.4 is 10.2 Å². The van der Waals surface area contributed by atoms with Gasteiger partial charge in [-0.15, -0.1) is 0 Å². The maximum absolute atomic E-state index is 11.6. The molecule has 4 nitrogen and oxygen atoms in total.